The second kappa shape index (κ2) is 7.27. The second-order valence-electron chi connectivity index (χ2n) is 5.97. The third-order valence-corrected chi connectivity index (χ3v) is 4.17. The van der Waals surface area contributed by atoms with Crippen molar-refractivity contribution in [1.29, 1.82) is 0 Å². The fraction of sp³-hybridized carbons (Fsp3) is 0.263. The molecule has 2 aromatic carbocycles. The Morgan fingerprint density at radius 2 is 1.83 bits per heavy atom. The fourth-order valence-electron chi connectivity index (χ4n) is 2.88. The molecule has 1 unspecified atom stereocenters. The molecule has 0 aromatic heterocycles. The maximum absolute atomic E-state index is 12.1. The Morgan fingerprint density at radius 1 is 1.12 bits per heavy atom. The largest absolute Gasteiger partial charge is 0.326 e. The molecule has 1 atom stereocenters. The van der Waals surface area contributed by atoms with E-state index in [0.717, 1.165) is 24.2 Å². The monoisotopic (exact) mass is 323 g/mol. The number of carbonyl (C=O) groups is 2. The topological polar surface area (TPSA) is 75.4 Å². The van der Waals surface area contributed by atoms with Crippen molar-refractivity contribution in [1.82, 2.24) is 0 Å². The minimum atomic E-state index is -0.326. The SMILES string of the molecule is NC(CC(=O)Nc1ccc(N2CCCC2=O)cc1)c1ccccc1. The van der Waals surface area contributed by atoms with Crippen LogP contribution in [-0.2, 0) is 9.59 Å². The zero-order valence-corrected chi connectivity index (χ0v) is 13.4. The van der Waals surface area contributed by atoms with Crippen molar-refractivity contribution in [2.45, 2.75) is 25.3 Å². The van der Waals surface area contributed by atoms with Crippen LogP contribution >= 0.6 is 0 Å². The van der Waals surface area contributed by atoms with Gasteiger partial charge in [-0.05, 0) is 36.2 Å². The number of amides is 2. The number of anilines is 2. The van der Waals surface area contributed by atoms with Gasteiger partial charge in [-0.1, -0.05) is 30.3 Å². The van der Waals surface area contributed by atoms with Crippen LogP contribution in [0, 0.1) is 0 Å². The van der Waals surface area contributed by atoms with Crippen molar-refractivity contribution in [2.75, 3.05) is 16.8 Å². The summed E-state index contributed by atoms with van der Waals surface area (Å²) < 4.78 is 0. The van der Waals surface area contributed by atoms with Gasteiger partial charge in [0.25, 0.3) is 0 Å². The molecule has 1 heterocycles. The van der Waals surface area contributed by atoms with E-state index in [4.69, 9.17) is 5.73 Å². The number of hydrogen-bond donors (Lipinski definition) is 2. The van der Waals surface area contributed by atoms with Gasteiger partial charge < -0.3 is 16.0 Å². The molecule has 0 bridgehead atoms. The molecule has 0 aliphatic carbocycles. The highest BCUT2D eigenvalue weighted by molar-refractivity contribution is 5.96. The summed E-state index contributed by atoms with van der Waals surface area (Å²) in [4.78, 5) is 25.6. The Morgan fingerprint density at radius 3 is 2.46 bits per heavy atom. The number of nitrogens with two attached hydrogens (primary N) is 1. The maximum atomic E-state index is 12.1. The van der Waals surface area contributed by atoms with Crippen LogP contribution in [0.1, 0.15) is 30.9 Å². The lowest BCUT2D eigenvalue weighted by molar-refractivity contribution is -0.117. The molecule has 124 valence electrons. The van der Waals surface area contributed by atoms with Gasteiger partial charge in [0.15, 0.2) is 0 Å². The molecule has 24 heavy (non-hydrogen) atoms. The van der Waals surface area contributed by atoms with E-state index in [-0.39, 0.29) is 24.3 Å². The van der Waals surface area contributed by atoms with Crippen LogP contribution in [0.5, 0.6) is 0 Å². The molecule has 1 aliphatic heterocycles. The van der Waals surface area contributed by atoms with Crippen molar-refractivity contribution in [3.63, 3.8) is 0 Å². The maximum Gasteiger partial charge on any atom is 0.227 e. The van der Waals surface area contributed by atoms with E-state index in [9.17, 15) is 9.59 Å². The van der Waals surface area contributed by atoms with E-state index in [0.29, 0.717) is 12.1 Å². The summed E-state index contributed by atoms with van der Waals surface area (Å²) in [7, 11) is 0. The van der Waals surface area contributed by atoms with Crippen molar-refractivity contribution in [2.24, 2.45) is 5.73 Å². The molecule has 2 aromatic rings. The second-order valence-corrected chi connectivity index (χ2v) is 5.97. The van der Waals surface area contributed by atoms with Crippen molar-refractivity contribution >= 4 is 23.2 Å². The zero-order valence-electron chi connectivity index (χ0n) is 13.4. The highest BCUT2D eigenvalue weighted by Gasteiger charge is 2.21. The smallest absolute Gasteiger partial charge is 0.227 e. The van der Waals surface area contributed by atoms with Gasteiger partial charge in [-0.15, -0.1) is 0 Å². The summed E-state index contributed by atoms with van der Waals surface area (Å²) in [6.45, 7) is 0.760. The first-order chi connectivity index (χ1) is 11.6. The van der Waals surface area contributed by atoms with Gasteiger partial charge in [0, 0.05) is 36.8 Å². The third-order valence-electron chi connectivity index (χ3n) is 4.17. The summed E-state index contributed by atoms with van der Waals surface area (Å²) >= 11 is 0. The van der Waals surface area contributed by atoms with Gasteiger partial charge in [0.1, 0.15) is 0 Å². The van der Waals surface area contributed by atoms with Crippen LogP contribution in [0.2, 0.25) is 0 Å². The normalized spacial score (nSPS) is 15.4. The zero-order chi connectivity index (χ0) is 16.9. The molecule has 0 saturated carbocycles. The van der Waals surface area contributed by atoms with Gasteiger partial charge >= 0.3 is 0 Å². The van der Waals surface area contributed by atoms with Crippen LogP contribution in [0.15, 0.2) is 54.6 Å². The summed E-state index contributed by atoms with van der Waals surface area (Å²) in [5, 5.41) is 2.85. The highest BCUT2D eigenvalue weighted by atomic mass is 16.2. The Labute approximate surface area is 141 Å². The standard InChI is InChI=1S/C19H21N3O2/c20-17(14-5-2-1-3-6-14)13-18(23)21-15-8-10-16(11-9-15)22-12-4-7-19(22)24/h1-3,5-6,8-11,17H,4,7,12-13,20H2,(H,21,23). The minimum absolute atomic E-state index is 0.128. The number of benzene rings is 2. The molecule has 0 radical (unpaired) electrons. The number of hydrogen-bond acceptors (Lipinski definition) is 3. The minimum Gasteiger partial charge on any atom is -0.326 e. The van der Waals surface area contributed by atoms with Crippen LogP contribution in [0.25, 0.3) is 0 Å². The quantitative estimate of drug-likeness (QED) is 0.888. The van der Waals surface area contributed by atoms with Gasteiger partial charge in [-0.3, -0.25) is 9.59 Å². The summed E-state index contributed by atoms with van der Waals surface area (Å²) in [5.41, 5.74) is 8.58. The Bertz CT molecular complexity index is 713. The van der Waals surface area contributed by atoms with Crippen molar-refractivity contribution in [3.05, 3.63) is 60.2 Å². The van der Waals surface area contributed by atoms with Crippen molar-refractivity contribution in [3.8, 4) is 0 Å². The number of rotatable bonds is 5. The summed E-state index contributed by atoms with van der Waals surface area (Å²) in [6, 6.07) is 16.6. The predicted molar refractivity (Wildman–Crippen MR) is 94.6 cm³/mol. The molecule has 0 spiro atoms. The molecule has 2 amide bonds. The van der Waals surface area contributed by atoms with Gasteiger partial charge in [-0.25, -0.2) is 0 Å². The molecule has 1 fully saturated rings. The van der Waals surface area contributed by atoms with Gasteiger partial charge in [0.05, 0.1) is 0 Å². The Kier molecular flexibility index (Phi) is 4.91. The molecule has 3 N–H and O–H groups in total. The average molecular weight is 323 g/mol. The lowest BCUT2D eigenvalue weighted by Gasteiger charge is -2.16. The molecular formula is C19H21N3O2. The van der Waals surface area contributed by atoms with E-state index in [1.54, 1.807) is 4.90 Å². The first kappa shape index (κ1) is 16.2. The van der Waals surface area contributed by atoms with Crippen molar-refractivity contribution < 1.29 is 9.59 Å². The van der Waals surface area contributed by atoms with Crippen LogP contribution in [0.4, 0.5) is 11.4 Å². The van der Waals surface area contributed by atoms with E-state index in [1.165, 1.54) is 0 Å². The number of nitrogens with zero attached hydrogens (tertiary/aromatic N) is 1. The lowest BCUT2D eigenvalue weighted by Crippen LogP contribution is -2.23. The predicted octanol–water partition coefficient (Wildman–Crippen LogP) is 2.84. The van der Waals surface area contributed by atoms with Crippen LogP contribution in [0.3, 0.4) is 0 Å². The summed E-state index contributed by atoms with van der Waals surface area (Å²) in [6.07, 6.45) is 1.72. The lowest BCUT2D eigenvalue weighted by atomic mass is 10.0. The molecule has 5 heteroatoms. The Hall–Kier alpha value is -2.66. The molecular weight excluding hydrogens is 302 g/mol. The van der Waals surface area contributed by atoms with E-state index in [2.05, 4.69) is 5.32 Å². The van der Waals surface area contributed by atoms with E-state index in [1.807, 2.05) is 54.6 Å². The number of nitrogens with one attached hydrogen (secondary N) is 1. The molecule has 3 rings (SSSR count). The Balaban J connectivity index is 1.57. The highest BCUT2D eigenvalue weighted by Crippen LogP contribution is 2.23. The number of carbonyl (C=O) groups excluding carboxylic acids is 2. The third kappa shape index (κ3) is 3.81. The molecule has 5 nitrogen and oxygen atoms in total. The first-order valence-electron chi connectivity index (χ1n) is 8.14. The van der Waals surface area contributed by atoms with E-state index >= 15 is 0 Å². The van der Waals surface area contributed by atoms with Gasteiger partial charge in [-0.2, -0.15) is 0 Å². The summed E-state index contributed by atoms with van der Waals surface area (Å²) in [5.74, 6) is 0.0250. The van der Waals surface area contributed by atoms with E-state index < -0.39 is 0 Å². The van der Waals surface area contributed by atoms with Crippen LogP contribution < -0.4 is 16.0 Å². The fourth-order valence-corrected chi connectivity index (χ4v) is 2.88. The molecule has 1 aliphatic rings. The first-order valence-corrected chi connectivity index (χ1v) is 8.14. The van der Waals surface area contributed by atoms with Crippen LogP contribution in [-0.4, -0.2) is 18.4 Å². The van der Waals surface area contributed by atoms with Gasteiger partial charge in [0.2, 0.25) is 11.8 Å². The molecule has 1 saturated heterocycles. The average Bonchev–Trinajstić information content (AvgIpc) is 3.02.